The molecule has 0 atom stereocenters. The molecule has 0 saturated heterocycles. The molecular weight excluding hydrogens is 330 g/mol. The third kappa shape index (κ3) is 3.47. The third-order valence-electron chi connectivity index (χ3n) is 4.30. The van der Waals surface area contributed by atoms with Crippen LogP contribution < -0.4 is 9.64 Å². The lowest BCUT2D eigenvalue weighted by Gasteiger charge is -2.34. The highest BCUT2D eigenvalue weighted by Gasteiger charge is 2.37. The predicted octanol–water partition coefficient (Wildman–Crippen LogP) is 3.87. The molecule has 0 fully saturated rings. The highest BCUT2D eigenvalue weighted by molar-refractivity contribution is 6.10. The topological polar surface area (TPSA) is 66.8 Å². The minimum atomic E-state index is -1.09. The molecule has 2 aromatic carbocycles. The summed E-state index contributed by atoms with van der Waals surface area (Å²) in [6, 6.07) is 14.9. The van der Waals surface area contributed by atoms with Crippen LogP contribution in [0.4, 0.5) is 5.69 Å². The standard InChI is InChI=1S/C21H21NO4/c1-14-7-6-8-15(11-14)12-18-19(23)22(13-21(2,3)20(24)25)16-9-4-5-10-17(16)26-18/h4-12H,13H2,1-3H3,(H,24,25)/b18-12+. The summed E-state index contributed by atoms with van der Waals surface area (Å²) >= 11 is 0. The molecule has 0 aliphatic carbocycles. The molecule has 0 unspecified atom stereocenters. The van der Waals surface area contributed by atoms with Gasteiger partial charge in [-0.15, -0.1) is 0 Å². The Morgan fingerprint density at radius 1 is 1.19 bits per heavy atom. The Labute approximate surface area is 152 Å². The van der Waals surface area contributed by atoms with Crippen molar-refractivity contribution >= 4 is 23.6 Å². The van der Waals surface area contributed by atoms with Gasteiger partial charge >= 0.3 is 5.97 Å². The summed E-state index contributed by atoms with van der Waals surface area (Å²) in [6.45, 7) is 5.23. The number of anilines is 1. The van der Waals surface area contributed by atoms with E-state index in [2.05, 4.69) is 0 Å². The van der Waals surface area contributed by atoms with Crippen LogP contribution in [0.3, 0.4) is 0 Å². The van der Waals surface area contributed by atoms with Crippen molar-refractivity contribution in [3.63, 3.8) is 0 Å². The first-order valence-electron chi connectivity index (χ1n) is 8.38. The van der Waals surface area contributed by atoms with Gasteiger partial charge in [0, 0.05) is 6.54 Å². The minimum absolute atomic E-state index is 0.0483. The Hall–Kier alpha value is -3.08. The van der Waals surface area contributed by atoms with Crippen LogP contribution in [0, 0.1) is 12.3 Å². The zero-order chi connectivity index (χ0) is 18.9. The fourth-order valence-electron chi connectivity index (χ4n) is 2.79. The van der Waals surface area contributed by atoms with Crippen LogP contribution >= 0.6 is 0 Å². The average Bonchev–Trinajstić information content (AvgIpc) is 2.58. The van der Waals surface area contributed by atoms with Crippen LogP contribution in [-0.2, 0) is 9.59 Å². The number of rotatable bonds is 4. The van der Waals surface area contributed by atoms with Crippen molar-refractivity contribution in [3.8, 4) is 5.75 Å². The van der Waals surface area contributed by atoms with E-state index in [4.69, 9.17) is 4.74 Å². The molecular formula is C21H21NO4. The number of carboxylic acids is 1. The number of hydrogen-bond donors (Lipinski definition) is 1. The Morgan fingerprint density at radius 2 is 1.92 bits per heavy atom. The van der Waals surface area contributed by atoms with Gasteiger partial charge in [-0.05, 0) is 44.5 Å². The number of aryl methyl sites for hydroxylation is 1. The number of amides is 1. The molecule has 0 radical (unpaired) electrons. The molecule has 1 aliphatic heterocycles. The Bertz CT molecular complexity index is 898. The van der Waals surface area contributed by atoms with E-state index in [1.807, 2.05) is 37.3 Å². The van der Waals surface area contributed by atoms with Crippen LogP contribution in [0.15, 0.2) is 54.3 Å². The number of ether oxygens (including phenoxy) is 1. The lowest BCUT2D eigenvalue weighted by molar-refractivity contribution is -0.146. The van der Waals surface area contributed by atoms with Crippen molar-refractivity contribution in [2.75, 3.05) is 11.4 Å². The van der Waals surface area contributed by atoms with Crippen molar-refractivity contribution in [1.82, 2.24) is 0 Å². The maximum absolute atomic E-state index is 13.0. The van der Waals surface area contributed by atoms with E-state index < -0.39 is 11.4 Å². The molecule has 0 saturated carbocycles. The number of carbonyl (C=O) groups excluding carboxylic acids is 1. The summed E-state index contributed by atoms with van der Waals surface area (Å²) in [5.74, 6) is -0.597. The molecule has 1 aliphatic rings. The van der Waals surface area contributed by atoms with Gasteiger partial charge in [0.15, 0.2) is 11.5 Å². The molecule has 3 rings (SSSR count). The van der Waals surface area contributed by atoms with Crippen LogP contribution in [0.5, 0.6) is 5.75 Å². The van der Waals surface area contributed by atoms with Crippen LogP contribution in [0.2, 0.25) is 0 Å². The smallest absolute Gasteiger partial charge is 0.310 e. The quantitative estimate of drug-likeness (QED) is 0.849. The summed E-state index contributed by atoms with van der Waals surface area (Å²) in [6.07, 6.45) is 1.69. The Morgan fingerprint density at radius 3 is 2.62 bits per heavy atom. The van der Waals surface area contributed by atoms with Gasteiger partial charge in [0.25, 0.3) is 5.91 Å². The largest absolute Gasteiger partial charge is 0.481 e. The number of nitrogens with zero attached hydrogens (tertiary/aromatic N) is 1. The van der Waals surface area contributed by atoms with Gasteiger partial charge in [0.2, 0.25) is 0 Å². The van der Waals surface area contributed by atoms with E-state index in [-0.39, 0.29) is 18.2 Å². The van der Waals surface area contributed by atoms with Crippen LogP contribution in [0.25, 0.3) is 6.08 Å². The fourth-order valence-corrected chi connectivity index (χ4v) is 2.79. The summed E-state index contributed by atoms with van der Waals surface area (Å²) in [5.41, 5.74) is 1.42. The number of hydrogen-bond acceptors (Lipinski definition) is 3. The highest BCUT2D eigenvalue weighted by Crippen LogP contribution is 2.37. The first-order chi connectivity index (χ1) is 12.3. The first-order valence-corrected chi connectivity index (χ1v) is 8.38. The molecule has 134 valence electrons. The molecule has 26 heavy (non-hydrogen) atoms. The van der Waals surface area contributed by atoms with Crippen LogP contribution in [0.1, 0.15) is 25.0 Å². The maximum atomic E-state index is 13.0. The minimum Gasteiger partial charge on any atom is -0.481 e. The third-order valence-corrected chi connectivity index (χ3v) is 4.30. The average molecular weight is 351 g/mol. The maximum Gasteiger partial charge on any atom is 0.310 e. The molecule has 1 N–H and O–H groups in total. The van der Waals surface area contributed by atoms with Gasteiger partial charge in [-0.2, -0.15) is 0 Å². The van der Waals surface area contributed by atoms with E-state index in [9.17, 15) is 14.7 Å². The lowest BCUT2D eigenvalue weighted by Crippen LogP contribution is -2.45. The van der Waals surface area contributed by atoms with E-state index >= 15 is 0 Å². The van der Waals surface area contributed by atoms with Gasteiger partial charge in [0.05, 0.1) is 11.1 Å². The van der Waals surface area contributed by atoms with E-state index in [0.717, 1.165) is 11.1 Å². The second-order valence-corrected chi connectivity index (χ2v) is 7.07. The summed E-state index contributed by atoms with van der Waals surface area (Å²) < 4.78 is 5.82. The molecule has 2 aromatic rings. The Kier molecular flexibility index (Phi) is 4.55. The van der Waals surface area contributed by atoms with Gasteiger partial charge in [-0.1, -0.05) is 42.0 Å². The van der Waals surface area contributed by atoms with Crippen molar-refractivity contribution in [1.29, 1.82) is 0 Å². The first kappa shape index (κ1) is 17.7. The van der Waals surface area contributed by atoms with Crippen LogP contribution in [-0.4, -0.2) is 23.5 Å². The highest BCUT2D eigenvalue weighted by atomic mass is 16.5. The van der Waals surface area contributed by atoms with E-state index in [0.29, 0.717) is 11.4 Å². The van der Waals surface area contributed by atoms with E-state index in [1.54, 1.807) is 38.1 Å². The van der Waals surface area contributed by atoms with Gasteiger partial charge in [-0.25, -0.2) is 0 Å². The zero-order valence-corrected chi connectivity index (χ0v) is 15.0. The molecule has 5 heteroatoms. The number of fused-ring (bicyclic) bond motifs is 1. The second-order valence-electron chi connectivity index (χ2n) is 7.07. The van der Waals surface area contributed by atoms with Crippen molar-refractivity contribution in [2.45, 2.75) is 20.8 Å². The van der Waals surface area contributed by atoms with Gasteiger partial charge < -0.3 is 14.7 Å². The molecule has 0 bridgehead atoms. The number of carbonyl (C=O) groups is 2. The van der Waals surface area contributed by atoms with Crippen molar-refractivity contribution < 1.29 is 19.4 Å². The van der Waals surface area contributed by atoms with Gasteiger partial charge in [0.1, 0.15) is 0 Å². The molecule has 1 heterocycles. The van der Waals surface area contributed by atoms with Gasteiger partial charge in [-0.3, -0.25) is 9.59 Å². The number of aliphatic carboxylic acids is 1. The predicted molar refractivity (Wildman–Crippen MR) is 100.0 cm³/mol. The van der Waals surface area contributed by atoms with E-state index in [1.165, 1.54) is 4.90 Å². The lowest BCUT2D eigenvalue weighted by atomic mass is 9.92. The van der Waals surface area contributed by atoms with Crippen molar-refractivity contribution in [3.05, 3.63) is 65.4 Å². The number of para-hydroxylation sites is 2. The molecule has 0 spiro atoms. The molecule has 0 aromatic heterocycles. The summed E-state index contributed by atoms with van der Waals surface area (Å²) in [4.78, 5) is 26.0. The second kappa shape index (κ2) is 6.67. The normalized spacial score (nSPS) is 15.6. The Balaban J connectivity index is 2.03. The SMILES string of the molecule is Cc1cccc(/C=C2/Oc3ccccc3N(CC(C)(C)C(=O)O)C2=O)c1. The monoisotopic (exact) mass is 351 g/mol. The number of benzene rings is 2. The molecule has 1 amide bonds. The fraction of sp³-hybridized carbons (Fsp3) is 0.238. The summed E-state index contributed by atoms with van der Waals surface area (Å²) in [7, 11) is 0. The summed E-state index contributed by atoms with van der Waals surface area (Å²) in [5, 5.41) is 9.45. The zero-order valence-electron chi connectivity index (χ0n) is 15.0. The number of carboxylic acid groups (broad SMARTS) is 1. The van der Waals surface area contributed by atoms with Crippen molar-refractivity contribution in [2.24, 2.45) is 5.41 Å². The molecule has 5 nitrogen and oxygen atoms in total.